The molecule has 0 fully saturated rings. The van der Waals surface area contributed by atoms with Crippen molar-refractivity contribution in [3.63, 3.8) is 0 Å². The van der Waals surface area contributed by atoms with Gasteiger partial charge in [-0.1, -0.05) is 0 Å². The van der Waals surface area contributed by atoms with Crippen molar-refractivity contribution < 1.29 is 13.6 Å². The van der Waals surface area contributed by atoms with Gasteiger partial charge < -0.3 is 9.47 Å². The molecule has 4 nitrogen and oxygen atoms in total. The summed E-state index contributed by atoms with van der Waals surface area (Å²) in [6.45, 7) is 3.27. The Balaban J connectivity index is 2.77. The summed E-state index contributed by atoms with van der Waals surface area (Å²) in [6, 6.07) is 1.65. The average molecular weight is 316 g/mol. The molecule has 0 saturated heterocycles. The van der Waals surface area contributed by atoms with Crippen LogP contribution in [0.15, 0.2) is 12.1 Å². The maximum atomic E-state index is 14.2. The third-order valence-corrected chi connectivity index (χ3v) is 3.51. The maximum absolute atomic E-state index is 14.2. The van der Waals surface area contributed by atoms with E-state index < -0.39 is 23.1 Å². The van der Waals surface area contributed by atoms with Gasteiger partial charge in [-0.3, -0.25) is 4.79 Å². The lowest BCUT2D eigenvalue weighted by molar-refractivity contribution is -0.131. The molecule has 0 radical (unpaired) electrons. The van der Waals surface area contributed by atoms with Crippen LogP contribution in [0.3, 0.4) is 0 Å². The fourth-order valence-electron chi connectivity index (χ4n) is 2.30. The van der Waals surface area contributed by atoms with Crippen molar-refractivity contribution in [3.8, 4) is 0 Å². The van der Waals surface area contributed by atoms with Gasteiger partial charge in [-0.2, -0.15) is 0 Å². The summed E-state index contributed by atoms with van der Waals surface area (Å²) in [5, 5.41) is -0.544. The number of carbonyl (C=O) groups is 1. The van der Waals surface area contributed by atoms with Crippen LogP contribution in [0.5, 0.6) is 0 Å². The van der Waals surface area contributed by atoms with Crippen LogP contribution < -0.4 is 0 Å². The quantitative estimate of drug-likeness (QED) is 0.815. The molecule has 2 unspecified atom stereocenters. The maximum Gasteiger partial charge on any atom is 0.244 e. The summed E-state index contributed by atoms with van der Waals surface area (Å²) in [5.41, 5.74) is 0.231. The number of rotatable bonds is 3. The second-order valence-corrected chi connectivity index (χ2v) is 5.75. The van der Waals surface area contributed by atoms with E-state index in [1.54, 1.807) is 27.9 Å². The lowest BCUT2D eigenvalue weighted by Crippen LogP contribution is -2.31. The minimum atomic E-state index is -1.03. The Kier molecular flexibility index (Phi) is 4.18. The summed E-state index contributed by atoms with van der Waals surface area (Å²) < 4.78 is 29.0. The minimum absolute atomic E-state index is 0.0415. The second-order valence-electron chi connectivity index (χ2n) is 5.09. The molecule has 2 atom stereocenters. The van der Waals surface area contributed by atoms with Gasteiger partial charge in [0.15, 0.2) is 11.6 Å². The van der Waals surface area contributed by atoms with E-state index in [0.29, 0.717) is 5.82 Å². The first-order chi connectivity index (χ1) is 9.75. The number of amides is 1. The molecule has 0 aliphatic heterocycles. The Morgan fingerprint density at radius 3 is 2.48 bits per heavy atom. The number of carbonyl (C=O) groups excluding carboxylic acids is 1. The predicted molar refractivity (Wildman–Crippen MR) is 77.3 cm³/mol. The number of halogens is 3. The molecule has 2 aromatic rings. The van der Waals surface area contributed by atoms with Gasteiger partial charge in [0.1, 0.15) is 17.4 Å². The van der Waals surface area contributed by atoms with Crippen molar-refractivity contribution in [2.45, 2.75) is 25.3 Å². The van der Waals surface area contributed by atoms with Crippen LogP contribution in [0.2, 0.25) is 0 Å². The monoisotopic (exact) mass is 315 g/mol. The minimum Gasteiger partial charge on any atom is -0.347 e. The van der Waals surface area contributed by atoms with Crippen molar-refractivity contribution in [1.29, 1.82) is 0 Å². The van der Waals surface area contributed by atoms with Crippen LogP contribution in [0.1, 0.15) is 31.1 Å². The summed E-state index contributed by atoms with van der Waals surface area (Å²) in [4.78, 5) is 17.8. The third kappa shape index (κ3) is 2.60. The normalized spacial score (nSPS) is 14.2. The largest absolute Gasteiger partial charge is 0.347 e. The lowest BCUT2D eigenvalue weighted by Gasteiger charge is -2.21. The van der Waals surface area contributed by atoms with Gasteiger partial charge in [0.25, 0.3) is 0 Å². The van der Waals surface area contributed by atoms with Gasteiger partial charge in [-0.05, 0) is 26.0 Å². The molecule has 1 aromatic heterocycles. The molecule has 0 saturated carbocycles. The Morgan fingerprint density at radius 1 is 1.33 bits per heavy atom. The Bertz CT molecular complexity index is 697. The van der Waals surface area contributed by atoms with E-state index in [1.807, 2.05) is 0 Å². The first kappa shape index (κ1) is 15.7. The van der Waals surface area contributed by atoms with E-state index in [2.05, 4.69) is 4.98 Å². The first-order valence-corrected chi connectivity index (χ1v) is 6.90. The lowest BCUT2D eigenvalue weighted by atomic mass is 10.2. The summed E-state index contributed by atoms with van der Waals surface area (Å²) in [5.74, 6) is -1.93. The number of fused-ring (bicyclic) bond motifs is 1. The molecule has 0 aliphatic carbocycles. The molecular formula is C14H16ClF2N3O. The average Bonchev–Trinajstić information content (AvgIpc) is 2.81. The zero-order valence-corrected chi connectivity index (χ0v) is 12.9. The summed E-state index contributed by atoms with van der Waals surface area (Å²) in [6.07, 6.45) is 0. The van der Waals surface area contributed by atoms with Gasteiger partial charge in [-0.25, -0.2) is 13.8 Å². The molecule has 1 amide bonds. The topological polar surface area (TPSA) is 38.1 Å². The number of imidazole rings is 1. The van der Waals surface area contributed by atoms with Gasteiger partial charge in [0.05, 0.1) is 10.9 Å². The van der Waals surface area contributed by atoms with Gasteiger partial charge in [0, 0.05) is 14.1 Å². The van der Waals surface area contributed by atoms with E-state index >= 15 is 0 Å². The fourth-order valence-corrected chi connectivity index (χ4v) is 2.45. The molecule has 0 bridgehead atoms. The molecule has 0 N–H and O–H groups in total. The van der Waals surface area contributed by atoms with Crippen molar-refractivity contribution in [2.24, 2.45) is 0 Å². The first-order valence-electron chi connectivity index (χ1n) is 6.46. The van der Waals surface area contributed by atoms with E-state index in [-0.39, 0.29) is 16.9 Å². The summed E-state index contributed by atoms with van der Waals surface area (Å²) >= 11 is 6.08. The predicted octanol–water partition coefficient (Wildman–Crippen LogP) is 3.26. The highest BCUT2D eigenvalue weighted by atomic mass is 35.5. The van der Waals surface area contributed by atoms with E-state index in [0.717, 1.165) is 6.07 Å². The van der Waals surface area contributed by atoms with Crippen LogP contribution in [0.4, 0.5) is 8.78 Å². The van der Waals surface area contributed by atoms with Crippen LogP contribution in [0, 0.1) is 11.6 Å². The molecule has 2 rings (SSSR count). The molecule has 21 heavy (non-hydrogen) atoms. The standard InChI is InChI=1S/C14H16ClF2N3O/c1-7(15)13-18-10-6-5-9(16)11(17)12(10)20(13)8(2)14(21)19(3)4/h5-8H,1-4H3. The van der Waals surface area contributed by atoms with Crippen LogP contribution >= 0.6 is 11.6 Å². The Morgan fingerprint density at radius 2 is 1.95 bits per heavy atom. The number of likely N-dealkylation sites (N-methyl/N-ethyl adjacent to an activating group) is 1. The molecule has 0 aliphatic rings. The smallest absolute Gasteiger partial charge is 0.244 e. The van der Waals surface area contributed by atoms with Crippen LogP contribution in [0.25, 0.3) is 11.0 Å². The van der Waals surface area contributed by atoms with E-state index in [9.17, 15) is 13.6 Å². The fraction of sp³-hybridized carbons (Fsp3) is 0.429. The molecule has 114 valence electrons. The van der Waals surface area contributed by atoms with Crippen LogP contribution in [-0.2, 0) is 4.79 Å². The number of nitrogens with zero attached hydrogens (tertiary/aromatic N) is 3. The highest BCUT2D eigenvalue weighted by molar-refractivity contribution is 6.20. The number of alkyl halides is 1. The highest BCUT2D eigenvalue weighted by Crippen LogP contribution is 2.31. The van der Waals surface area contributed by atoms with Crippen molar-refractivity contribution in [2.75, 3.05) is 14.1 Å². The summed E-state index contributed by atoms with van der Waals surface area (Å²) in [7, 11) is 3.19. The number of aromatic nitrogens is 2. The number of hydrogen-bond donors (Lipinski definition) is 0. The third-order valence-electron chi connectivity index (χ3n) is 3.31. The number of benzene rings is 1. The number of hydrogen-bond acceptors (Lipinski definition) is 2. The second kappa shape index (κ2) is 5.60. The molecule has 1 aromatic carbocycles. The zero-order valence-electron chi connectivity index (χ0n) is 12.2. The zero-order chi connectivity index (χ0) is 15.9. The molecule has 1 heterocycles. The van der Waals surface area contributed by atoms with E-state index in [4.69, 9.17) is 11.6 Å². The molecule has 7 heteroatoms. The van der Waals surface area contributed by atoms with Crippen molar-refractivity contribution in [3.05, 3.63) is 29.6 Å². The van der Waals surface area contributed by atoms with Crippen LogP contribution in [-0.4, -0.2) is 34.5 Å². The SMILES string of the molecule is CC(Cl)c1nc2ccc(F)c(F)c2n1C(C)C(=O)N(C)C. The van der Waals surface area contributed by atoms with Crippen molar-refractivity contribution in [1.82, 2.24) is 14.5 Å². The highest BCUT2D eigenvalue weighted by Gasteiger charge is 2.27. The Labute approximate surface area is 126 Å². The van der Waals surface area contributed by atoms with Gasteiger partial charge in [-0.15, -0.1) is 11.6 Å². The van der Waals surface area contributed by atoms with Crippen molar-refractivity contribution >= 4 is 28.5 Å². The Hall–Kier alpha value is -1.69. The van der Waals surface area contributed by atoms with E-state index in [1.165, 1.54) is 15.5 Å². The van der Waals surface area contributed by atoms with Gasteiger partial charge >= 0.3 is 0 Å². The molecular weight excluding hydrogens is 300 g/mol. The molecule has 0 spiro atoms. The van der Waals surface area contributed by atoms with Gasteiger partial charge in [0.2, 0.25) is 5.91 Å².